The first-order chi connectivity index (χ1) is 8.63. The van der Waals surface area contributed by atoms with Crippen LogP contribution in [0.25, 0.3) is 5.69 Å². The number of nitrogens with zero attached hydrogens (tertiary/aromatic N) is 2. The van der Waals surface area contributed by atoms with Crippen LogP contribution in [0.2, 0.25) is 0 Å². The molecule has 0 bridgehead atoms. The second-order valence-electron chi connectivity index (χ2n) is 4.09. The molecule has 2 aromatic rings. The third kappa shape index (κ3) is 2.27. The van der Waals surface area contributed by atoms with Gasteiger partial charge in [0.15, 0.2) is 5.69 Å². The number of hydrogen-bond acceptors (Lipinski definition) is 3. The first-order valence-corrected chi connectivity index (χ1v) is 5.93. The maximum Gasteiger partial charge on any atom is 0.357 e. The lowest BCUT2D eigenvalue weighted by molar-refractivity contribution is 0.0515. The van der Waals surface area contributed by atoms with Crippen molar-refractivity contribution in [1.29, 1.82) is 0 Å². The van der Waals surface area contributed by atoms with Crippen molar-refractivity contribution in [2.45, 2.75) is 20.8 Å². The van der Waals surface area contributed by atoms with Crippen LogP contribution >= 0.6 is 0 Å². The van der Waals surface area contributed by atoms with Gasteiger partial charge in [0.05, 0.1) is 18.0 Å². The molecule has 18 heavy (non-hydrogen) atoms. The Hall–Kier alpha value is -2.10. The molecule has 0 aliphatic carbocycles. The van der Waals surface area contributed by atoms with Crippen LogP contribution in [-0.2, 0) is 4.74 Å². The second kappa shape index (κ2) is 5.04. The summed E-state index contributed by atoms with van der Waals surface area (Å²) in [4.78, 5) is 11.9. The fourth-order valence-electron chi connectivity index (χ4n) is 1.83. The van der Waals surface area contributed by atoms with Crippen molar-refractivity contribution in [1.82, 2.24) is 9.78 Å². The Kier molecular flexibility index (Phi) is 3.46. The highest BCUT2D eigenvalue weighted by Crippen LogP contribution is 2.17. The number of rotatable bonds is 3. The van der Waals surface area contributed by atoms with E-state index in [4.69, 9.17) is 4.74 Å². The number of aryl methyl sites for hydroxylation is 2. The van der Waals surface area contributed by atoms with Crippen LogP contribution in [0, 0.1) is 13.8 Å². The van der Waals surface area contributed by atoms with E-state index >= 15 is 0 Å². The summed E-state index contributed by atoms with van der Waals surface area (Å²) in [5.41, 5.74) is 3.21. The minimum atomic E-state index is -0.346. The molecule has 1 aromatic heterocycles. The molecule has 0 saturated carbocycles. The van der Waals surface area contributed by atoms with E-state index in [1.807, 2.05) is 38.1 Å². The molecular weight excluding hydrogens is 228 g/mol. The lowest BCUT2D eigenvalue weighted by Crippen LogP contribution is -2.12. The molecule has 0 radical (unpaired) electrons. The number of aromatic nitrogens is 2. The second-order valence-corrected chi connectivity index (χ2v) is 4.09. The van der Waals surface area contributed by atoms with E-state index in [2.05, 4.69) is 5.10 Å². The highest BCUT2D eigenvalue weighted by molar-refractivity contribution is 5.88. The van der Waals surface area contributed by atoms with Crippen LogP contribution in [0.1, 0.15) is 28.7 Å². The maximum atomic E-state index is 11.9. The Morgan fingerprint density at radius 1 is 1.33 bits per heavy atom. The SMILES string of the molecule is CCOC(=O)c1cc(C)nn1-c1ccccc1C. The number of carbonyl (C=O) groups excluding carboxylic acids is 1. The number of esters is 1. The zero-order chi connectivity index (χ0) is 13.1. The molecule has 0 aliphatic rings. The van der Waals surface area contributed by atoms with E-state index in [0.717, 1.165) is 16.9 Å². The number of hydrogen-bond donors (Lipinski definition) is 0. The number of ether oxygens (including phenoxy) is 1. The third-order valence-electron chi connectivity index (χ3n) is 2.66. The Bertz CT molecular complexity index is 573. The summed E-state index contributed by atoms with van der Waals surface area (Å²) < 4.78 is 6.69. The van der Waals surface area contributed by atoms with Gasteiger partial charge in [0.2, 0.25) is 0 Å². The van der Waals surface area contributed by atoms with E-state index < -0.39 is 0 Å². The van der Waals surface area contributed by atoms with Crippen LogP contribution in [0.3, 0.4) is 0 Å². The number of carbonyl (C=O) groups is 1. The summed E-state index contributed by atoms with van der Waals surface area (Å²) >= 11 is 0. The van der Waals surface area contributed by atoms with Crippen molar-refractivity contribution >= 4 is 5.97 Å². The van der Waals surface area contributed by atoms with Gasteiger partial charge in [-0.2, -0.15) is 5.10 Å². The standard InChI is InChI=1S/C14H16N2O2/c1-4-18-14(17)13-9-11(3)15-16(13)12-8-6-5-7-10(12)2/h5-9H,4H2,1-3H3. The Labute approximate surface area is 106 Å². The van der Waals surface area contributed by atoms with Crippen molar-refractivity contribution in [3.63, 3.8) is 0 Å². The largest absolute Gasteiger partial charge is 0.461 e. The Morgan fingerprint density at radius 3 is 2.72 bits per heavy atom. The summed E-state index contributed by atoms with van der Waals surface area (Å²) in [7, 11) is 0. The van der Waals surface area contributed by atoms with Crippen molar-refractivity contribution in [3.8, 4) is 5.69 Å². The molecule has 94 valence electrons. The van der Waals surface area contributed by atoms with E-state index in [0.29, 0.717) is 12.3 Å². The molecule has 1 heterocycles. The predicted octanol–water partition coefficient (Wildman–Crippen LogP) is 2.67. The van der Waals surface area contributed by atoms with Gasteiger partial charge in [-0.3, -0.25) is 0 Å². The van der Waals surface area contributed by atoms with Gasteiger partial charge in [0, 0.05) is 0 Å². The normalized spacial score (nSPS) is 10.4. The van der Waals surface area contributed by atoms with Gasteiger partial charge in [0.25, 0.3) is 0 Å². The van der Waals surface area contributed by atoms with Gasteiger partial charge in [0.1, 0.15) is 0 Å². The van der Waals surface area contributed by atoms with Crippen LogP contribution in [-0.4, -0.2) is 22.4 Å². The smallest absolute Gasteiger partial charge is 0.357 e. The average molecular weight is 244 g/mol. The quantitative estimate of drug-likeness (QED) is 0.780. The first-order valence-electron chi connectivity index (χ1n) is 5.93. The molecule has 2 rings (SSSR count). The van der Waals surface area contributed by atoms with Crippen molar-refractivity contribution < 1.29 is 9.53 Å². The molecule has 0 fully saturated rings. The number of benzene rings is 1. The fourth-order valence-corrected chi connectivity index (χ4v) is 1.83. The minimum absolute atomic E-state index is 0.346. The summed E-state index contributed by atoms with van der Waals surface area (Å²) in [6, 6.07) is 9.55. The van der Waals surface area contributed by atoms with E-state index in [-0.39, 0.29) is 5.97 Å². The average Bonchev–Trinajstić information content (AvgIpc) is 2.72. The number of para-hydroxylation sites is 1. The first kappa shape index (κ1) is 12.4. The molecule has 0 amide bonds. The van der Waals surface area contributed by atoms with Crippen molar-refractivity contribution in [3.05, 3.63) is 47.3 Å². The van der Waals surface area contributed by atoms with E-state index in [1.54, 1.807) is 17.7 Å². The Morgan fingerprint density at radius 2 is 2.06 bits per heavy atom. The molecule has 0 atom stereocenters. The highest BCUT2D eigenvalue weighted by Gasteiger charge is 2.17. The van der Waals surface area contributed by atoms with Crippen LogP contribution in [0.4, 0.5) is 0 Å². The van der Waals surface area contributed by atoms with Gasteiger partial charge in [-0.25, -0.2) is 9.48 Å². The molecule has 0 aliphatic heterocycles. The molecule has 0 saturated heterocycles. The topological polar surface area (TPSA) is 44.1 Å². The molecular formula is C14H16N2O2. The zero-order valence-corrected chi connectivity index (χ0v) is 10.8. The van der Waals surface area contributed by atoms with Crippen LogP contribution < -0.4 is 0 Å². The molecule has 0 spiro atoms. The van der Waals surface area contributed by atoms with E-state index in [1.165, 1.54) is 0 Å². The zero-order valence-electron chi connectivity index (χ0n) is 10.8. The lowest BCUT2D eigenvalue weighted by Gasteiger charge is -2.09. The minimum Gasteiger partial charge on any atom is -0.461 e. The molecule has 4 heteroatoms. The van der Waals surface area contributed by atoms with Crippen LogP contribution in [0.15, 0.2) is 30.3 Å². The van der Waals surface area contributed by atoms with Gasteiger partial charge in [-0.05, 0) is 38.5 Å². The van der Waals surface area contributed by atoms with Gasteiger partial charge < -0.3 is 4.74 Å². The molecule has 1 aromatic carbocycles. The van der Waals surface area contributed by atoms with Gasteiger partial charge in [-0.15, -0.1) is 0 Å². The predicted molar refractivity (Wildman–Crippen MR) is 69.0 cm³/mol. The van der Waals surface area contributed by atoms with Gasteiger partial charge >= 0.3 is 5.97 Å². The summed E-state index contributed by atoms with van der Waals surface area (Å²) in [5, 5.41) is 4.36. The summed E-state index contributed by atoms with van der Waals surface area (Å²) in [6.07, 6.45) is 0. The third-order valence-corrected chi connectivity index (χ3v) is 2.66. The fraction of sp³-hybridized carbons (Fsp3) is 0.286. The Balaban J connectivity index is 2.51. The maximum absolute atomic E-state index is 11.9. The summed E-state index contributed by atoms with van der Waals surface area (Å²) in [6.45, 7) is 5.99. The van der Waals surface area contributed by atoms with E-state index in [9.17, 15) is 4.79 Å². The molecule has 0 unspecified atom stereocenters. The molecule has 0 N–H and O–H groups in total. The van der Waals surface area contributed by atoms with Crippen molar-refractivity contribution in [2.24, 2.45) is 0 Å². The van der Waals surface area contributed by atoms with Crippen molar-refractivity contribution in [2.75, 3.05) is 6.61 Å². The van der Waals surface area contributed by atoms with Crippen LogP contribution in [0.5, 0.6) is 0 Å². The highest BCUT2D eigenvalue weighted by atomic mass is 16.5. The summed E-state index contributed by atoms with van der Waals surface area (Å²) in [5.74, 6) is -0.346. The lowest BCUT2D eigenvalue weighted by atomic mass is 10.2. The van der Waals surface area contributed by atoms with Gasteiger partial charge in [-0.1, -0.05) is 18.2 Å². The molecule has 4 nitrogen and oxygen atoms in total. The monoisotopic (exact) mass is 244 g/mol.